The zero-order valence-corrected chi connectivity index (χ0v) is 11.0. The molecule has 2 heterocycles. The van der Waals surface area contributed by atoms with Crippen molar-refractivity contribution in [2.24, 2.45) is 0 Å². The largest absolute Gasteiger partial charge is 0.303 e. The third-order valence-corrected chi connectivity index (χ3v) is 3.39. The van der Waals surface area contributed by atoms with Crippen molar-refractivity contribution in [1.82, 2.24) is 20.6 Å². The first-order valence-electron chi connectivity index (χ1n) is 6.44. The summed E-state index contributed by atoms with van der Waals surface area (Å²) in [5, 5.41) is 5.52. The van der Waals surface area contributed by atoms with Gasteiger partial charge in [0, 0.05) is 25.5 Å². The van der Waals surface area contributed by atoms with E-state index in [1.807, 2.05) is 0 Å². The molecule has 0 radical (unpaired) electrons. The van der Waals surface area contributed by atoms with Gasteiger partial charge in [-0.15, -0.1) is 0 Å². The van der Waals surface area contributed by atoms with Crippen LogP contribution in [0.2, 0.25) is 0 Å². The fourth-order valence-corrected chi connectivity index (χ4v) is 2.26. The molecule has 1 aliphatic rings. The van der Waals surface area contributed by atoms with Crippen LogP contribution in [-0.4, -0.2) is 33.9 Å². The molecule has 1 fully saturated rings. The maximum absolute atomic E-state index is 12.0. The molecule has 19 heavy (non-hydrogen) atoms. The number of carbonyl (C=O) groups is 2. The van der Waals surface area contributed by atoms with Gasteiger partial charge in [0.15, 0.2) is 0 Å². The Labute approximate surface area is 112 Å². The minimum absolute atomic E-state index is 0.217. The highest BCUT2D eigenvalue weighted by molar-refractivity contribution is 5.99. The van der Waals surface area contributed by atoms with Gasteiger partial charge in [0.25, 0.3) is 0 Å². The SMILES string of the molecule is CC(=O)NC(=O)C1(CCCc2cnccn2)CCN1. The molecule has 2 N–H and O–H groups in total. The van der Waals surface area contributed by atoms with Gasteiger partial charge in [-0.05, 0) is 32.2 Å². The molecule has 1 aromatic rings. The number of nitrogens with one attached hydrogen (secondary N) is 2. The standard InChI is InChI=1S/C13H18N4O2/c1-10(18)17-12(19)13(5-6-16-13)4-2-3-11-9-14-7-8-15-11/h7-9,16H,2-6H2,1H3,(H,17,18,19). The number of hydrogen-bond acceptors (Lipinski definition) is 5. The predicted octanol–water partition coefficient (Wildman–Crippen LogP) is 0.194. The van der Waals surface area contributed by atoms with E-state index in [0.29, 0.717) is 6.42 Å². The van der Waals surface area contributed by atoms with Crippen LogP contribution in [0.25, 0.3) is 0 Å². The fourth-order valence-electron chi connectivity index (χ4n) is 2.26. The second kappa shape index (κ2) is 5.88. The van der Waals surface area contributed by atoms with E-state index in [9.17, 15) is 9.59 Å². The van der Waals surface area contributed by atoms with Crippen LogP contribution in [0.3, 0.4) is 0 Å². The summed E-state index contributed by atoms with van der Waals surface area (Å²) >= 11 is 0. The Kier molecular flexibility index (Phi) is 4.21. The van der Waals surface area contributed by atoms with E-state index in [-0.39, 0.29) is 11.8 Å². The Morgan fingerprint density at radius 2 is 2.26 bits per heavy atom. The lowest BCUT2D eigenvalue weighted by Crippen LogP contribution is -2.66. The summed E-state index contributed by atoms with van der Waals surface area (Å²) in [5.74, 6) is -0.530. The second-order valence-electron chi connectivity index (χ2n) is 4.82. The molecule has 0 saturated carbocycles. The average molecular weight is 262 g/mol. The van der Waals surface area contributed by atoms with Crippen LogP contribution in [0.4, 0.5) is 0 Å². The first-order chi connectivity index (χ1) is 9.12. The van der Waals surface area contributed by atoms with Crippen LogP contribution in [0, 0.1) is 0 Å². The summed E-state index contributed by atoms with van der Waals surface area (Å²) < 4.78 is 0. The molecule has 2 rings (SSSR count). The van der Waals surface area contributed by atoms with Crippen LogP contribution in [0.1, 0.15) is 31.9 Å². The molecule has 1 unspecified atom stereocenters. The van der Waals surface area contributed by atoms with Crippen molar-refractivity contribution in [3.63, 3.8) is 0 Å². The third-order valence-electron chi connectivity index (χ3n) is 3.39. The Hall–Kier alpha value is -1.82. The Balaban J connectivity index is 1.85. The minimum Gasteiger partial charge on any atom is -0.303 e. The van der Waals surface area contributed by atoms with Gasteiger partial charge in [-0.2, -0.15) is 0 Å². The molecule has 102 valence electrons. The van der Waals surface area contributed by atoms with Crippen LogP contribution >= 0.6 is 0 Å². The first-order valence-corrected chi connectivity index (χ1v) is 6.44. The summed E-state index contributed by atoms with van der Waals surface area (Å²) in [5.41, 5.74) is 0.345. The smallest absolute Gasteiger partial charge is 0.246 e. The molecule has 0 spiro atoms. The van der Waals surface area contributed by atoms with E-state index in [0.717, 1.165) is 31.5 Å². The number of imide groups is 1. The molecule has 6 heteroatoms. The van der Waals surface area contributed by atoms with Crippen molar-refractivity contribution in [3.8, 4) is 0 Å². The zero-order chi connectivity index (χ0) is 13.7. The number of amides is 2. The number of aromatic nitrogens is 2. The van der Waals surface area contributed by atoms with Crippen molar-refractivity contribution >= 4 is 11.8 Å². The highest BCUT2D eigenvalue weighted by Crippen LogP contribution is 2.25. The lowest BCUT2D eigenvalue weighted by Gasteiger charge is -2.41. The topological polar surface area (TPSA) is 84.0 Å². The Morgan fingerprint density at radius 1 is 1.47 bits per heavy atom. The van der Waals surface area contributed by atoms with Crippen LogP contribution in [0.5, 0.6) is 0 Å². The van der Waals surface area contributed by atoms with Crippen molar-refractivity contribution in [2.75, 3.05) is 6.54 Å². The maximum Gasteiger partial charge on any atom is 0.246 e. The molecule has 6 nitrogen and oxygen atoms in total. The summed E-state index contributed by atoms with van der Waals surface area (Å²) in [7, 11) is 0. The van der Waals surface area contributed by atoms with Crippen LogP contribution in [0.15, 0.2) is 18.6 Å². The number of carbonyl (C=O) groups excluding carboxylic acids is 2. The van der Waals surface area contributed by atoms with Gasteiger partial charge in [-0.3, -0.25) is 24.9 Å². The van der Waals surface area contributed by atoms with E-state index in [1.54, 1.807) is 18.6 Å². The van der Waals surface area contributed by atoms with Gasteiger partial charge < -0.3 is 5.32 Å². The highest BCUT2D eigenvalue weighted by Gasteiger charge is 2.43. The van der Waals surface area contributed by atoms with Gasteiger partial charge >= 0.3 is 0 Å². The van der Waals surface area contributed by atoms with E-state index in [2.05, 4.69) is 20.6 Å². The van der Waals surface area contributed by atoms with Gasteiger partial charge in [0.05, 0.1) is 11.2 Å². The van der Waals surface area contributed by atoms with Gasteiger partial charge in [-0.1, -0.05) is 0 Å². The molecule has 1 saturated heterocycles. The number of nitrogens with zero attached hydrogens (tertiary/aromatic N) is 2. The van der Waals surface area contributed by atoms with E-state index >= 15 is 0 Å². The molecule has 1 atom stereocenters. The number of aryl methyl sites for hydroxylation is 1. The highest BCUT2D eigenvalue weighted by atomic mass is 16.2. The molecular weight excluding hydrogens is 244 g/mol. The van der Waals surface area contributed by atoms with Gasteiger partial charge in [0.2, 0.25) is 11.8 Å². The molecule has 1 aromatic heterocycles. The monoisotopic (exact) mass is 262 g/mol. The zero-order valence-electron chi connectivity index (χ0n) is 11.0. The van der Waals surface area contributed by atoms with Crippen LogP contribution in [-0.2, 0) is 16.0 Å². The lowest BCUT2D eigenvalue weighted by atomic mass is 9.81. The fraction of sp³-hybridized carbons (Fsp3) is 0.538. The van der Waals surface area contributed by atoms with Crippen molar-refractivity contribution < 1.29 is 9.59 Å². The van der Waals surface area contributed by atoms with Crippen LogP contribution < -0.4 is 10.6 Å². The normalized spacial score (nSPS) is 21.5. The summed E-state index contributed by atoms with van der Waals surface area (Å²) in [6, 6.07) is 0. The Bertz CT molecular complexity index is 457. The number of rotatable bonds is 5. The molecule has 2 amide bonds. The third kappa shape index (κ3) is 3.35. The minimum atomic E-state index is -0.576. The maximum atomic E-state index is 12.0. The van der Waals surface area contributed by atoms with Crippen molar-refractivity contribution in [3.05, 3.63) is 24.3 Å². The van der Waals surface area contributed by atoms with Gasteiger partial charge in [0.1, 0.15) is 0 Å². The molecular formula is C13H18N4O2. The molecule has 1 aliphatic heterocycles. The predicted molar refractivity (Wildman–Crippen MR) is 69.1 cm³/mol. The summed E-state index contributed by atoms with van der Waals surface area (Å²) in [6.45, 7) is 2.17. The van der Waals surface area contributed by atoms with E-state index < -0.39 is 5.54 Å². The molecule has 0 aromatic carbocycles. The Morgan fingerprint density at radius 3 is 2.79 bits per heavy atom. The quantitative estimate of drug-likeness (QED) is 0.791. The molecule has 0 aliphatic carbocycles. The van der Waals surface area contributed by atoms with Crippen molar-refractivity contribution in [2.45, 2.75) is 38.1 Å². The average Bonchev–Trinajstić information content (AvgIpc) is 2.32. The summed E-state index contributed by atoms with van der Waals surface area (Å²) in [6.07, 6.45) is 8.11. The first kappa shape index (κ1) is 13.6. The summed E-state index contributed by atoms with van der Waals surface area (Å²) in [4.78, 5) is 31.1. The second-order valence-corrected chi connectivity index (χ2v) is 4.82. The van der Waals surface area contributed by atoms with Gasteiger partial charge in [-0.25, -0.2) is 0 Å². The lowest BCUT2D eigenvalue weighted by molar-refractivity contribution is -0.136. The van der Waals surface area contributed by atoms with Crippen molar-refractivity contribution in [1.29, 1.82) is 0 Å². The number of hydrogen-bond donors (Lipinski definition) is 2. The van der Waals surface area contributed by atoms with E-state index in [4.69, 9.17) is 0 Å². The van der Waals surface area contributed by atoms with E-state index in [1.165, 1.54) is 6.92 Å². The molecule has 0 bridgehead atoms.